The van der Waals surface area contributed by atoms with Crippen LogP contribution in [-0.2, 0) is 15.4 Å². The number of aromatic nitrogens is 2. The molecule has 2 aliphatic rings. The highest BCUT2D eigenvalue weighted by Gasteiger charge is 2.55. The number of fused-ring (bicyclic) bond motifs is 2. The van der Waals surface area contributed by atoms with E-state index in [2.05, 4.69) is 15.3 Å². The fraction of sp³-hybridized carbons (Fsp3) is 0.333. The number of rotatable bonds is 5. The van der Waals surface area contributed by atoms with E-state index < -0.39 is 38.2 Å². The third-order valence-electron chi connectivity index (χ3n) is 7.01. The van der Waals surface area contributed by atoms with E-state index in [4.69, 9.17) is 11.6 Å². The average molecular weight is 522 g/mol. The van der Waals surface area contributed by atoms with Gasteiger partial charge < -0.3 is 15.4 Å². The number of amides is 1. The molecule has 0 spiro atoms. The zero-order valence-electron chi connectivity index (χ0n) is 18.3. The Labute approximate surface area is 205 Å². The molecule has 2 saturated carbocycles. The summed E-state index contributed by atoms with van der Waals surface area (Å²) in [6.45, 7) is 0. The van der Waals surface area contributed by atoms with Crippen molar-refractivity contribution in [3.63, 3.8) is 0 Å². The quantitative estimate of drug-likeness (QED) is 0.459. The topological polar surface area (TPSA) is 112 Å². The lowest BCUT2D eigenvalue weighted by Gasteiger charge is -2.39. The van der Waals surface area contributed by atoms with E-state index in [0.717, 1.165) is 12.1 Å². The highest BCUT2D eigenvalue weighted by atomic mass is 35.5. The van der Waals surface area contributed by atoms with Gasteiger partial charge in [0.05, 0.1) is 15.2 Å². The average Bonchev–Trinajstić information content (AvgIpc) is 3.45. The van der Waals surface area contributed by atoms with Crippen LogP contribution >= 0.6 is 11.6 Å². The summed E-state index contributed by atoms with van der Waals surface area (Å²) in [5.74, 6) is -3.04. The summed E-state index contributed by atoms with van der Waals surface area (Å²) in [7, 11) is -3.95. The van der Waals surface area contributed by atoms with Gasteiger partial charge in [-0.15, -0.1) is 0 Å². The molecular formula is C24H22ClF2N3O4S. The van der Waals surface area contributed by atoms with E-state index in [-0.39, 0.29) is 45.8 Å². The van der Waals surface area contributed by atoms with Crippen LogP contribution in [0.1, 0.15) is 41.9 Å². The van der Waals surface area contributed by atoms with Gasteiger partial charge in [0.25, 0.3) is 5.91 Å². The molecule has 2 aromatic carbocycles. The zero-order chi connectivity index (χ0) is 25.0. The van der Waals surface area contributed by atoms with Crippen LogP contribution < -0.4 is 5.32 Å². The molecule has 0 saturated heterocycles. The van der Waals surface area contributed by atoms with Gasteiger partial charge in [-0.25, -0.2) is 22.2 Å². The molecule has 11 heteroatoms. The first-order chi connectivity index (χ1) is 16.6. The molecule has 7 nitrogen and oxygen atoms in total. The lowest BCUT2D eigenvalue weighted by atomic mass is 9.76. The molecule has 3 N–H and O–H groups in total. The monoisotopic (exact) mass is 521 g/mol. The van der Waals surface area contributed by atoms with Crippen molar-refractivity contribution < 1.29 is 27.1 Å². The number of imidazole rings is 1. The van der Waals surface area contributed by atoms with Crippen molar-refractivity contribution in [2.24, 2.45) is 11.8 Å². The summed E-state index contributed by atoms with van der Waals surface area (Å²) in [6, 6.07) is 6.82. The number of carbonyl (C=O) groups is 1. The Balaban J connectivity index is 1.42. The summed E-state index contributed by atoms with van der Waals surface area (Å²) >= 11 is 6.29. The first-order valence-electron chi connectivity index (χ1n) is 11.1. The molecule has 1 aromatic heterocycles. The second-order valence-corrected chi connectivity index (χ2v) is 11.7. The van der Waals surface area contributed by atoms with Gasteiger partial charge in [-0.3, -0.25) is 4.79 Å². The number of aliphatic hydroxyl groups is 1. The molecule has 4 atom stereocenters. The van der Waals surface area contributed by atoms with E-state index in [1.165, 1.54) is 24.3 Å². The number of aromatic amines is 1. The standard InChI is InChI=1S/C24H22ClF2N3O4S/c25-17-5-3-13(22(31)30-16-4-6-18(26)19(27)10-16)9-20(17)35(33,34)21-14-1-2-15(21)12-24(32,11-14)23-28-7-8-29-23/h3-10,14-15,21,32H,1-2,11-12H2,(H,28,29)(H,30,31)/t14-,15?,21+,24+/m0/s1. The van der Waals surface area contributed by atoms with E-state index in [1.807, 2.05) is 0 Å². The molecule has 35 heavy (non-hydrogen) atoms. The van der Waals surface area contributed by atoms with Crippen LogP contribution in [0, 0.1) is 23.5 Å². The largest absolute Gasteiger partial charge is 0.382 e. The van der Waals surface area contributed by atoms with Crippen LogP contribution in [0.2, 0.25) is 5.02 Å². The molecule has 1 amide bonds. The highest BCUT2D eigenvalue weighted by molar-refractivity contribution is 7.92. The normalized spacial score (nSPS) is 26.0. The smallest absolute Gasteiger partial charge is 0.255 e. The molecule has 1 heterocycles. The van der Waals surface area contributed by atoms with Gasteiger partial charge in [0.15, 0.2) is 21.5 Å². The molecule has 2 bridgehead atoms. The SMILES string of the molecule is O=C(Nc1ccc(F)c(F)c1)c1ccc(Cl)c(S(=O)(=O)[C@H]2C3CC[C@H]2C[C@](O)(c2ncc[nH]2)C3)c1. The number of hydrogen-bond acceptors (Lipinski definition) is 5. The molecule has 5 rings (SSSR count). The highest BCUT2D eigenvalue weighted by Crippen LogP contribution is 2.53. The van der Waals surface area contributed by atoms with Crippen molar-refractivity contribution in [1.82, 2.24) is 9.97 Å². The van der Waals surface area contributed by atoms with Gasteiger partial charge in [-0.2, -0.15) is 0 Å². The number of sulfone groups is 1. The maximum absolute atomic E-state index is 13.8. The summed E-state index contributed by atoms with van der Waals surface area (Å²) in [6.07, 6.45) is 4.95. The molecule has 1 unspecified atom stereocenters. The van der Waals surface area contributed by atoms with Gasteiger partial charge in [-0.1, -0.05) is 11.6 Å². The Bertz CT molecular complexity index is 1380. The number of carbonyl (C=O) groups excluding carboxylic acids is 1. The second kappa shape index (κ2) is 8.69. The summed E-state index contributed by atoms with van der Waals surface area (Å²) < 4.78 is 54.2. The Kier molecular flexibility index (Phi) is 5.93. The third kappa shape index (κ3) is 4.23. The van der Waals surface area contributed by atoms with E-state index >= 15 is 0 Å². The molecule has 2 fully saturated rings. The maximum atomic E-state index is 13.8. The van der Waals surface area contributed by atoms with Crippen LogP contribution in [0.5, 0.6) is 0 Å². The Morgan fingerprint density at radius 2 is 1.83 bits per heavy atom. The first-order valence-corrected chi connectivity index (χ1v) is 13.0. The van der Waals surface area contributed by atoms with E-state index in [0.29, 0.717) is 18.7 Å². The van der Waals surface area contributed by atoms with Crippen molar-refractivity contribution >= 4 is 33.0 Å². The molecule has 0 radical (unpaired) electrons. The maximum Gasteiger partial charge on any atom is 0.255 e. The van der Waals surface area contributed by atoms with Crippen LogP contribution in [0.4, 0.5) is 14.5 Å². The number of nitrogens with zero attached hydrogens (tertiary/aromatic N) is 1. The Hall–Kier alpha value is -2.82. The number of nitrogens with one attached hydrogen (secondary N) is 2. The predicted molar refractivity (Wildman–Crippen MR) is 125 cm³/mol. The number of anilines is 1. The minimum absolute atomic E-state index is 0.00737. The minimum atomic E-state index is -3.95. The predicted octanol–water partition coefficient (Wildman–Crippen LogP) is 4.44. The fourth-order valence-electron chi connectivity index (χ4n) is 5.54. The number of H-pyrrole nitrogens is 1. The number of benzene rings is 2. The van der Waals surface area contributed by atoms with Gasteiger partial charge in [-0.05, 0) is 67.9 Å². The van der Waals surface area contributed by atoms with Gasteiger partial charge in [0, 0.05) is 29.7 Å². The summed E-state index contributed by atoms with van der Waals surface area (Å²) in [5.41, 5.74) is -1.19. The Morgan fingerprint density at radius 3 is 2.46 bits per heavy atom. The fourth-order valence-corrected chi connectivity index (χ4v) is 8.38. The van der Waals surface area contributed by atoms with Gasteiger partial charge in [0.1, 0.15) is 11.4 Å². The summed E-state index contributed by atoms with van der Waals surface area (Å²) in [4.78, 5) is 19.7. The Morgan fingerprint density at radius 1 is 1.11 bits per heavy atom. The van der Waals surface area contributed by atoms with Crippen molar-refractivity contribution in [2.45, 2.75) is 41.4 Å². The van der Waals surface area contributed by atoms with Crippen molar-refractivity contribution in [3.05, 3.63) is 76.8 Å². The number of hydrogen-bond donors (Lipinski definition) is 3. The van der Waals surface area contributed by atoms with Crippen LogP contribution in [0.15, 0.2) is 53.7 Å². The molecular weight excluding hydrogens is 500 g/mol. The van der Waals surface area contributed by atoms with Crippen LogP contribution in [-0.4, -0.2) is 34.6 Å². The first kappa shape index (κ1) is 23.9. The lowest BCUT2D eigenvalue weighted by molar-refractivity contribution is -0.0310. The minimum Gasteiger partial charge on any atom is -0.382 e. The van der Waals surface area contributed by atoms with Crippen LogP contribution in [0.3, 0.4) is 0 Å². The molecule has 3 aromatic rings. The van der Waals surface area contributed by atoms with E-state index in [1.54, 1.807) is 12.4 Å². The van der Waals surface area contributed by atoms with Crippen molar-refractivity contribution in [1.29, 1.82) is 0 Å². The van der Waals surface area contributed by atoms with E-state index in [9.17, 15) is 27.1 Å². The summed E-state index contributed by atoms with van der Waals surface area (Å²) in [5, 5.41) is 12.9. The van der Waals surface area contributed by atoms with Crippen molar-refractivity contribution in [2.75, 3.05) is 5.32 Å². The van der Waals surface area contributed by atoms with Gasteiger partial charge in [0.2, 0.25) is 0 Å². The third-order valence-corrected chi connectivity index (χ3v) is 9.89. The second-order valence-electron chi connectivity index (χ2n) is 9.21. The number of halogens is 3. The molecule has 0 aliphatic heterocycles. The van der Waals surface area contributed by atoms with Gasteiger partial charge >= 0.3 is 0 Å². The molecule has 2 aliphatic carbocycles. The van der Waals surface area contributed by atoms with Crippen molar-refractivity contribution in [3.8, 4) is 0 Å². The lowest BCUT2D eigenvalue weighted by Crippen LogP contribution is -2.45. The van der Waals surface area contributed by atoms with Crippen LogP contribution in [0.25, 0.3) is 0 Å². The zero-order valence-corrected chi connectivity index (χ0v) is 19.9. The molecule has 184 valence electrons.